The minimum atomic E-state index is -1.26. The molecule has 5 nitrogen and oxygen atoms in total. The van der Waals surface area contributed by atoms with E-state index in [0.717, 1.165) is 16.7 Å². The molecule has 2 aliphatic carbocycles. The molecule has 0 N–H and O–H groups in total. The Kier molecular flexibility index (Phi) is 5.50. The average Bonchev–Trinajstić information content (AvgIpc) is 3.12. The van der Waals surface area contributed by atoms with Crippen molar-refractivity contribution >= 4 is 17.6 Å². The van der Waals surface area contributed by atoms with E-state index in [2.05, 4.69) is 31.9 Å². The van der Waals surface area contributed by atoms with Crippen LogP contribution in [0.2, 0.25) is 0 Å². The molecule has 0 heterocycles. The normalized spacial score (nSPS) is 18.7. The van der Waals surface area contributed by atoms with Crippen LogP contribution in [0.15, 0.2) is 6.07 Å². The lowest BCUT2D eigenvalue weighted by atomic mass is 9.84. The van der Waals surface area contributed by atoms with Crippen molar-refractivity contribution in [1.82, 2.24) is 0 Å². The number of methoxy groups -OCH3 is 2. The number of hydrogen-bond acceptors (Lipinski definition) is 5. The summed E-state index contributed by atoms with van der Waals surface area (Å²) in [5.41, 5.74) is 4.43. The lowest BCUT2D eigenvalue weighted by Crippen LogP contribution is -2.42. The van der Waals surface area contributed by atoms with Crippen LogP contribution in [0.4, 0.5) is 5.69 Å². The molecule has 1 saturated carbocycles. The van der Waals surface area contributed by atoms with Gasteiger partial charge in [0.15, 0.2) is 5.41 Å². The van der Waals surface area contributed by atoms with Crippen molar-refractivity contribution in [2.24, 2.45) is 5.41 Å². The van der Waals surface area contributed by atoms with Crippen LogP contribution in [0.1, 0.15) is 54.4 Å². The second-order valence-corrected chi connectivity index (χ2v) is 8.12. The molecule has 5 heteroatoms. The van der Waals surface area contributed by atoms with Crippen LogP contribution in [-0.2, 0) is 31.9 Å². The molecule has 3 rings (SSSR count). The Balaban J connectivity index is 2.01. The van der Waals surface area contributed by atoms with E-state index in [1.165, 1.54) is 57.6 Å². The van der Waals surface area contributed by atoms with E-state index in [1.54, 1.807) is 0 Å². The monoisotopic (exact) mass is 373 g/mol. The molecule has 0 aromatic heterocycles. The van der Waals surface area contributed by atoms with Gasteiger partial charge in [-0.2, -0.15) is 0 Å². The van der Waals surface area contributed by atoms with Gasteiger partial charge in [0.25, 0.3) is 0 Å². The van der Waals surface area contributed by atoms with E-state index >= 15 is 0 Å². The molecule has 148 valence electrons. The number of anilines is 1. The molecule has 0 radical (unpaired) electrons. The van der Waals surface area contributed by atoms with Crippen molar-refractivity contribution in [3.8, 4) is 0 Å². The maximum atomic E-state index is 12.6. The summed E-state index contributed by atoms with van der Waals surface area (Å²) < 4.78 is 9.99. The lowest BCUT2D eigenvalue weighted by molar-refractivity contribution is -0.168. The number of hydrogen-bond donors (Lipinski definition) is 0. The van der Waals surface area contributed by atoms with Crippen molar-refractivity contribution in [1.29, 1.82) is 0 Å². The molecular weight excluding hydrogens is 342 g/mol. The van der Waals surface area contributed by atoms with Crippen LogP contribution in [-0.4, -0.2) is 39.2 Å². The second kappa shape index (κ2) is 7.53. The van der Waals surface area contributed by atoms with Crippen LogP contribution < -0.4 is 4.90 Å². The van der Waals surface area contributed by atoms with E-state index in [9.17, 15) is 9.59 Å². The number of carbonyl (C=O) groups is 2. The number of fused-ring (bicyclic) bond motifs is 1. The summed E-state index contributed by atoms with van der Waals surface area (Å²) in [5.74, 6) is -1.02. The first-order valence-corrected chi connectivity index (χ1v) is 9.87. The zero-order chi connectivity index (χ0) is 19.8. The number of carbonyl (C=O) groups excluding carboxylic acids is 2. The molecule has 27 heavy (non-hydrogen) atoms. The van der Waals surface area contributed by atoms with Gasteiger partial charge in [-0.15, -0.1) is 0 Å². The average molecular weight is 373 g/mol. The molecule has 1 fully saturated rings. The van der Waals surface area contributed by atoms with E-state index in [-0.39, 0.29) is 0 Å². The first-order chi connectivity index (χ1) is 12.9. The molecule has 0 aliphatic heterocycles. The third-order valence-corrected chi connectivity index (χ3v) is 6.64. The maximum Gasteiger partial charge on any atom is 0.323 e. The Morgan fingerprint density at radius 2 is 1.56 bits per heavy atom. The molecule has 2 aliphatic rings. The Morgan fingerprint density at radius 3 is 2.11 bits per heavy atom. The summed E-state index contributed by atoms with van der Waals surface area (Å²) >= 11 is 0. The summed E-state index contributed by atoms with van der Waals surface area (Å²) in [4.78, 5) is 27.5. The third-order valence-electron chi connectivity index (χ3n) is 6.64. The fourth-order valence-corrected chi connectivity index (χ4v) is 4.96. The predicted molar refractivity (Wildman–Crippen MR) is 105 cm³/mol. The first kappa shape index (κ1) is 19.7. The van der Waals surface area contributed by atoms with Crippen molar-refractivity contribution in [3.05, 3.63) is 28.3 Å². The Labute approximate surface area is 162 Å². The lowest BCUT2D eigenvalue weighted by Gasteiger charge is -2.35. The number of esters is 2. The molecule has 0 unspecified atom stereocenters. The largest absolute Gasteiger partial charge is 0.468 e. The van der Waals surface area contributed by atoms with Crippen molar-refractivity contribution in [2.45, 2.75) is 64.8 Å². The fraction of sp³-hybridized carbons (Fsp3) is 0.636. The Hall–Kier alpha value is -2.04. The SMILES string of the molecule is COC(=O)C1(C(=O)OC)Cc2c(C)cc(N(C)C3CCCCC3)c(C)c2C1. The fourth-order valence-electron chi connectivity index (χ4n) is 4.96. The van der Waals surface area contributed by atoms with Gasteiger partial charge < -0.3 is 14.4 Å². The van der Waals surface area contributed by atoms with Crippen molar-refractivity contribution < 1.29 is 19.1 Å². The standard InChI is InChI=1S/C22H31NO4/c1-14-11-19(23(3)16-9-7-6-8-10-16)15(2)18-13-22(12-17(14)18,20(24)26-4)21(25)27-5/h11,16H,6-10,12-13H2,1-5H3. The van der Waals surface area contributed by atoms with Gasteiger partial charge in [0.05, 0.1) is 14.2 Å². The highest BCUT2D eigenvalue weighted by Crippen LogP contribution is 2.45. The highest BCUT2D eigenvalue weighted by atomic mass is 16.5. The minimum absolute atomic E-state index is 0.348. The van der Waals surface area contributed by atoms with Crippen molar-refractivity contribution in [3.63, 3.8) is 0 Å². The Morgan fingerprint density at radius 1 is 1.00 bits per heavy atom. The van der Waals surface area contributed by atoms with E-state index in [4.69, 9.17) is 9.47 Å². The van der Waals surface area contributed by atoms with E-state index in [1.807, 2.05) is 0 Å². The zero-order valence-electron chi connectivity index (χ0n) is 17.2. The summed E-state index contributed by atoms with van der Waals surface area (Å²) in [5, 5.41) is 0. The summed E-state index contributed by atoms with van der Waals surface area (Å²) in [6, 6.07) is 2.77. The number of benzene rings is 1. The molecule has 0 saturated heterocycles. The van der Waals surface area contributed by atoms with Crippen LogP contribution in [0.3, 0.4) is 0 Å². The topological polar surface area (TPSA) is 55.8 Å². The van der Waals surface area contributed by atoms with Gasteiger partial charge in [-0.05, 0) is 55.0 Å². The zero-order valence-corrected chi connectivity index (χ0v) is 17.2. The first-order valence-electron chi connectivity index (χ1n) is 9.87. The number of ether oxygens (including phenoxy) is 2. The molecule has 1 aromatic rings. The van der Waals surface area contributed by atoms with Crippen LogP contribution >= 0.6 is 0 Å². The molecule has 0 bridgehead atoms. The van der Waals surface area contributed by atoms with Gasteiger partial charge in [-0.3, -0.25) is 9.59 Å². The van der Waals surface area contributed by atoms with Crippen LogP contribution in [0.5, 0.6) is 0 Å². The molecule has 1 aromatic carbocycles. The molecule has 0 spiro atoms. The molecular formula is C22H31NO4. The Bertz CT molecular complexity index is 733. The predicted octanol–water partition coefficient (Wildman–Crippen LogP) is 3.50. The van der Waals surface area contributed by atoms with Gasteiger partial charge in [-0.1, -0.05) is 19.3 Å². The number of aryl methyl sites for hydroxylation is 1. The summed E-state index contributed by atoms with van der Waals surface area (Å²) in [6.07, 6.45) is 7.04. The quantitative estimate of drug-likeness (QED) is 0.597. The van der Waals surface area contributed by atoms with Gasteiger partial charge >= 0.3 is 11.9 Å². The van der Waals surface area contributed by atoms with Gasteiger partial charge in [0.2, 0.25) is 0 Å². The third kappa shape index (κ3) is 3.21. The van der Waals surface area contributed by atoms with Gasteiger partial charge in [0, 0.05) is 31.6 Å². The van der Waals surface area contributed by atoms with Crippen molar-refractivity contribution in [2.75, 3.05) is 26.2 Å². The maximum absolute atomic E-state index is 12.6. The van der Waals surface area contributed by atoms with Crippen LogP contribution in [0, 0.1) is 19.3 Å². The van der Waals surface area contributed by atoms with E-state index < -0.39 is 17.4 Å². The minimum Gasteiger partial charge on any atom is -0.468 e. The molecule has 0 atom stereocenters. The highest BCUT2D eigenvalue weighted by Gasteiger charge is 2.53. The number of nitrogens with zero attached hydrogens (tertiary/aromatic N) is 1. The molecule has 0 amide bonds. The van der Waals surface area contributed by atoms with Gasteiger partial charge in [0.1, 0.15) is 0 Å². The number of rotatable bonds is 4. The second-order valence-electron chi connectivity index (χ2n) is 8.12. The smallest absolute Gasteiger partial charge is 0.323 e. The van der Waals surface area contributed by atoms with Gasteiger partial charge in [-0.25, -0.2) is 0 Å². The van der Waals surface area contributed by atoms with Crippen LogP contribution in [0.25, 0.3) is 0 Å². The summed E-state index contributed by atoms with van der Waals surface area (Å²) in [7, 11) is 4.84. The highest BCUT2D eigenvalue weighted by molar-refractivity contribution is 6.02. The summed E-state index contributed by atoms with van der Waals surface area (Å²) in [6.45, 7) is 4.18. The van der Waals surface area contributed by atoms with E-state index in [0.29, 0.717) is 18.9 Å².